The third-order valence-electron chi connectivity index (χ3n) is 3.06. The summed E-state index contributed by atoms with van der Waals surface area (Å²) in [5.41, 5.74) is 0.388. The lowest BCUT2D eigenvalue weighted by Crippen LogP contribution is -2.37. The standard InChI is InChI=1S/C13H14Cl2N2O4S/c14-8-3-9(15)5-11(4-8)17-13(19)6-12(18)16-10-1-2-22(20,21)7-10/h3-5,10H,1-2,6-7H2,(H,16,18)(H,17,19). The zero-order valence-electron chi connectivity index (χ0n) is 11.4. The third-order valence-corrected chi connectivity index (χ3v) is 5.27. The Hall–Kier alpha value is -1.31. The van der Waals surface area contributed by atoms with E-state index in [0.717, 1.165) is 0 Å². The van der Waals surface area contributed by atoms with Gasteiger partial charge in [0.15, 0.2) is 9.84 Å². The van der Waals surface area contributed by atoms with Crippen molar-refractivity contribution in [1.82, 2.24) is 5.32 Å². The van der Waals surface area contributed by atoms with Gasteiger partial charge in [-0.05, 0) is 24.6 Å². The zero-order chi connectivity index (χ0) is 16.3. The number of carbonyl (C=O) groups is 2. The van der Waals surface area contributed by atoms with Crippen LogP contribution in [0.1, 0.15) is 12.8 Å². The molecule has 2 N–H and O–H groups in total. The van der Waals surface area contributed by atoms with Gasteiger partial charge < -0.3 is 10.6 Å². The van der Waals surface area contributed by atoms with Gasteiger partial charge in [-0.15, -0.1) is 0 Å². The zero-order valence-corrected chi connectivity index (χ0v) is 13.8. The van der Waals surface area contributed by atoms with E-state index in [2.05, 4.69) is 10.6 Å². The minimum absolute atomic E-state index is 0.0607. The molecule has 1 fully saturated rings. The van der Waals surface area contributed by atoms with Crippen LogP contribution < -0.4 is 10.6 Å². The van der Waals surface area contributed by atoms with Crippen LogP contribution in [0.15, 0.2) is 18.2 Å². The molecule has 0 radical (unpaired) electrons. The van der Waals surface area contributed by atoms with Gasteiger partial charge in [0.1, 0.15) is 6.42 Å². The highest BCUT2D eigenvalue weighted by Gasteiger charge is 2.29. The first-order chi connectivity index (χ1) is 10.2. The lowest BCUT2D eigenvalue weighted by atomic mass is 10.2. The van der Waals surface area contributed by atoms with Crippen LogP contribution in [0.25, 0.3) is 0 Å². The highest BCUT2D eigenvalue weighted by Crippen LogP contribution is 2.22. The molecule has 1 aliphatic rings. The smallest absolute Gasteiger partial charge is 0.233 e. The fourth-order valence-corrected chi connectivity index (χ4v) is 4.36. The van der Waals surface area contributed by atoms with E-state index in [1.54, 1.807) is 0 Å². The normalized spacial score (nSPS) is 19.6. The van der Waals surface area contributed by atoms with Gasteiger partial charge in [-0.2, -0.15) is 0 Å². The van der Waals surface area contributed by atoms with Crippen LogP contribution in [0.3, 0.4) is 0 Å². The van der Waals surface area contributed by atoms with Crippen LogP contribution >= 0.6 is 23.2 Å². The largest absolute Gasteiger partial charge is 0.352 e. The predicted octanol–water partition coefficient (Wildman–Crippen LogP) is 1.63. The van der Waals surface area contributed by atoms with E-state index in [1.165, 1.54) is 18.2 Å². The first kappa shape index (κ1) is 17.1. The number of hydrogen-bond donors (Lipinski definition) is 2. The summed E-state index contributed by atoms with van der Waals surface area (Å²) in [5.74, 6) is -1.07. The van der Waals surface area contributed by atoms with Gasteiger partial charge in [0.2, 0.25) is 11.8 Å². The number of halogens is 2. The molecule has 1 aliphatic heterocycles. The quantitative estimate of drug-likeness (QED) is 0.794. The van der Waals surface area contributed by atoms with E-state index in [1.807, 2.05) is 0 Å². The number of amides is 2. The van der Waals surface area contributed by atoms with E-state index in [0.29, 0.717) is 22.2 Å². The third kappa shape index (κ3) is 5.15. The van der Waals surface area contributed by atoms with E-state index < -0.39 is 34.1 Å². The summed E-state index contributed by atoms with van der Waals surface area (Å²) >= 11 is 11.6. The second kappa shape index (κ2) is 6.85. The summed E-state index contributed by atoms with van der Waals surface area (Å²) in [6.07, 6.45) is -0.0275. The minimum atomic E-state index is -3.07. The maximum Gasteiger partial charge on any atom is 0.233 e. The second-order valence-corrected chi connectivity index (χ2v) is 8.15. The van der Waals surface area contributed by atoms with Crippen LogP contribution in [-0.4, -0.2) is 37.8 Å². The topological polar surface area (TPSA) is 92.3 Å². The van der Waals surface area contributed by atoms with E-state index in [-0.39, 0.29) is 11.5 Å². The molecule has 1 heterocycles. The van der Waals surface area contributed by atoms with Crippen molar-refractivity contribution in [3.8, 4) is 0 Å². The molecule has 22 heavy (non-hydrogen) atoms. The molecule has 1 saturated heterocycles. The summed E-state index contributed by atoms with van der Waals surface area (Å²) in [6.45, 7) is 0. The van der Waals surface area contributed by atoms with Crippen molar-refractivity contribution in [2.45, 2.75) is 18.9 Å². The van der Waals surface area contributed by atoms with Crippen LogP contribution in [0.5, 0.6) is 0 Å². The molecule has 0 bridgehead atoms. The van der Waals surface area contributed by atoms with Gasteiger partial charge >= 0.3 is 0 Å². The van der Waals surface area contributed by atoms with Gasteiger partial charge in [0.25, 0.3) is 0 Å². The first-order valence-electron chi connectivity index (χ1n) is 6.49. The number of hydrogen-bond acceptors (Lipinski definition) is 4. The maximum atomic E-state index is 11.8. The summed E-state index contributed by atoms with van der Waals surface area (Å²) in [6, 6.07) is 4.11. The van der Waals surface area contributed by atoms with Gasteiger partial charge in [-0.25, -0.2) is 8.42 Å². The van der Waals surface area contributed by atoms with E-state index in [9.17, 15) is 18.0 Å². The molecule has 2 rings (SSSR count). The lowest BCUT2D eigenvalue weighted by molar-refractivity contribution is -0.127. The SMILES string of the molecule is O=C(CC(=O)NC1CCS(=O)(=O)C1)Nc1cc(Cl)cc(Cl)c1. The Morgan fingerprint density at radius 2 is 1.77 bits per heavy atom. The van der Waals surface area contributed by atoms with Crippen molar-refractivity contribution in [2.24, 2.45) is 0 Å². The minimum Gasteiger partial charge on any atom is -0.352 e. The number of carbonyl (C=O) groups excluding carboxylic acids is 2. The average Bonchev–Trinajstić information content (AvgIpc) is 2.66. The molecule has 0 saturated carbocycles. The fraction of sp³-hybridized carbons (Fsp3) is 0.385. The van der Waals surface area contributed by atoms with Crippen molar-refractivity contribution in [3.63, 3.8) is 0 Å². The molecule has 120 valence electrons. The molecule has 1 unspecified atom stereocenters. The van der Waals surface area contributed by atoms with Crippen molar-refractivity contribution in [3.05, 3.63) is 28.2 Å². The highest BCUT2D eigenvalue weighted by molar-refractivity contribution is 7.91. The maximum absolute atomic E-state index is 11.8. The molecule has 1 aromatic rings. The van der Waals surface area contributed by atoms with Gasteiger partial charge in [-0.3, -0.25) is 9.59 Å². The van der Waals surface area contributed by atoms with Crippen molar-refractivity contribution in [2.75, 3.05) is 16.8 Å². The van der Waals surface area contributed by atoms with Crippen LogP contribution in [-0.2, 0) is 19.4 Å². The Morgan fingerprint density at radius 1 is 1.14 bits per heavy atom. The monoisotopic (exact) mass is 364 g/mol. The van der Waals surface area contributed by atoms with Crippen LogP contribution in [0, 0.1) is 0 Å². The fourth-order valence-electron chi connectivity index (χ4n) is 2.16. The van der Waals surface area contributed by atoms with Crippen LogP contribution in [0.2, 0.25) is 10.0 Å². The molecule has 0 aromatic heterocycles. The number of benzene rings is 1. The summed E-state index contributed by atoms with van der Waals surface area (Å²) in [7, 11) is -3.07. The Morgan fingerprint density at radius 3 is 2.32 bits per heavy atom. The molecule has 1 atom stereocenters. The summed E-state index contributed by atoms with van der Waals surface area (Å²) < 4.78 is 22.6. The second-order valence-electron chi connectivity index (χ2n) is 5.05. The molecule has 6 nitrogen and oxygen atoms in total. The Bertz CT molecular complexity index is 686. The molecule has 1 aromatic carbocycles. The molecule has 9 heteroatoms. The Labute approximate surface area is 138 Å². The highest BCUT2D eigenvalue weighted by atomic mass is 35.5. The molecule has 2 amide bonds. The van der Waals surface area contributed by atoms with Gasteiger partial charge in [-0.1, -0.05) is 23.2 Å². The van der Waals surface area contributed by atoms with E-state index >= 15 is 0 Å². The Balaban J connectivity index is 1.85. The number of rotatable bonds is 4. The van der Waals surface area contributed by atoms with Crippen molar-refractivity contribution >= 4 is 50.5 Å². The van der Waals surface area contributed by atoms with Gasteiger partial charge in [0, 0.05) is 21.8 Å². The number of nitrogens with one attached hydrogen (secondary N) is 2. The van der Waals surface area contributed by atoms with Crippen molar-refractivity contribution < 1.29 is 18.0 Å². The van der Waals surface area contributed by atoms with E-state index in [4.69, 9.17) is 23.2 Å². The number of sulfone groups is 1. The predicted molar refractivity (Wildman–Crippen MR) is 84.9 cm³/mol. The first-order valence-corrected chi connectivity index (χ1v) is 9.07. The summed E-state index contributed by atoms with van der Waals surface area (Å²) in [5, 5.41) is 5.78. The van der Waals surface area contributed by atoms with Crippen molar-refractivity contribution in [1.29, 1.82) is 0 Å². The number of anilines is 1. The molecular weight excluding hydrogens is 351 g/mol. The van der Waals surface area contributed by atoms with Gasteiger partial charge in [0.05, 0.1) is 11.5 Å². The average molecular weight is 365 g/mol. The molecular formula is C13H14Cl2N2O4S. The molecule has 0 aliphatic carbocycles. The summed E-state index contributed by atoms with van der Waals surface area (Å²) in [4.78, 5) is 23.5. The Kier molecular flexibility index (Phi) is 5.31. The molecule has 0 spiro atoms. The lowest BCUT2D eigenvalue weighted by Gasteiger charge is -2.11. The van der Waals surface area contributed by atoms with Crippen LogP contribution in [0.4, 0.5) is 5.69 Å².